The highest BCUT2D eigenvalue weighted by molar-refractivity contribution is 6.30. The van der Waals surface area contributed by atoms with Gasteiger partial charge < -0.3 is 10.2 Å². The zero-order valence-electron chi connectivity index (χ0n) is 16.8. The maximum atomic E-state index is 13.2. The minimum absolute atomic E-state index is 0.168. The molecular weight excluding hydrogens is 398 g/mol. The molecule has 1 atom stereocenters. The van der Waals surface area contributed by atoms with E-state index in [1.807, 2.05) is 60.7 Å². The van der Waals surface area contributed by atoms with Crippen molar-refractivity contribution in [1.29, 1.82) is 0 Å². The lowest BCUT2D eigenvalue weighted by Gasteiger charge is -2.30. The third-order valence-corrected chi connectivity index (χ3v) is 5.04. The molecule has 0 saturated heterocycles. The lowest BCUT2D eigenvalue weighted by atomic mass is 10.0. The molecule has 1 aromatic heterocycles. The van der Waals surface area contributed by atoms with E-state index in [9.17, 15) is 9.59 Å². The molecule has 6 heteroatoms. The van der Waals surface area contributed by atoms with Crippen LogP contribution in [0.5, 0.6) is 0 Å². The summed E-state index contributed by atoms with van der Waals surface area (Å²) in [6.07, 6.45) is 2.10. The molecule has 0 aliphatic rings. The Bertz CT molecular complexity index is 963. The number of benzene rings is 2. The van der Waals surface area contributed by atoms with Crippen LogP contribution in [0.3, 0.4) is 0 Å². The number of pyridine rings is 1. The Hall–Kier alpha value is -3.18. The van der Waals surface area contributed by atoms with Crippen LogP contribution in [0, 0.1) is 0 Å². The second-order valence-corrected chi connectivity index (χ2v) is 7.45. The molecule has 1 unspecified atom stereocenters. The van der Waals surface area contributed by atoms with E-state index in [0.717, 1.165) is 16.8 Å². The van der Waals surface area contributed by atoms with Gasteiger partial charge in [0.05, 0.1) is 12.2 Å². The van der Waals surface area contributed by atoms with Crippen molar-refractivity contribution >= 4 is 23.4 Å². The molecule has 0 spiro atoms. The predicted molar refractivity (Wildman–Crippen MR) is 118 cm³/mol. The topological polar surface area (TPSA) is 62.3 Å². The largest absolute Gasteiger partial charge is 0.349 e. The molecule has 2 aromatic carbocycles. The first-order valence-corrected chi connectivity index (χ1v) is 10.1. The Labute approximate surface area is 181 Å². The number of nitrogens with one attached hydrogen (secondary N) is 1. The SMILES string of the molecule is CC(=O)N(Cc1ccc(Cl)cc1)C(Cc1ccccc1)C(=O)NCc1ccccn1. The molecule has 5 nitrogen and oxygen atoms in total. The normalized spacial score (nSPS) is 11.5. The Kier molecular flexibility index (Phi) is 7.57. The molecule has 0 aliphatic heterocycles. The minimum atomic E-state index is -0.649. The molecule has 3 rings (SSSR count). The van der Waals surface area contributed by atoms with Crippen LogP contribution in [0.2, 0.25) is 5.02 Å². The second kappa shape index (κ2) is 10.6. The van der Waals surface area contributed by atoms with Crippen LogP contribution in [0.1, 0.15) is 23.7 Å². The van der Waals surface area contributed by atoms with Gasteiger partial charge in [-0.15, -0.1) is 0 Å². The van der Waals surface area contributed by atoms with Crippen molar-refractivity contribution in [3.63, 3.8) is 0 Å². The summed E-state index contributed by atoms with van der Waals surface area (Å²) in [4.78, 5) is 31.5. The smallest absolute Gasteiger partial charge is 0.243 e. The molecule has 0 bridgehead atoms. The van der Waals surface area contributed by atoms with Gasteiger partial charge in [-0.05, 0) is 35.4 Å². The van der Waals surface area contributed by atoms with Crippen LogP contribution in [0.15, 0.2) is 79.0 Å². The number of hydrogen-bond acceptors (Lipinski definition) is 3. The summed E-state index contributed by atoms with van der Waals surface area (Å²) in [5, 5.41) is 3.56. The number of carbonyl (C=O) groups is 2. The van der Waals surface area contributed by atoms with Gasteiger partial charge in [-0.25, -0.2) is 0 Å². The Morgan fingerprint density at radius 3 is 2.30 bits per heavy atom. The van der Waals surface area contributed by atoms with Crippen molar-refractivity contribution in [2.45, 2.75) is 32.5 Å². The van der Waals surface area contributed by atoms with E-state index in [-0.39, 0.29) is 11.8 Å². The van der Waals surface area contributed by atoms with Crippen LogP contribution in [-0.4, -0.2) is 27.7 Å². The molecule has 0 saturated carbocycles. The summed E-state index contributed by atoms with van der Waals surface area (Å²) in [6, 6.07) is 21.9. The number of aromatic nitrogens is 1. The first kappa shape index (κ1) is 21.5. The molecule has 0 aliphatic carbocycles. The average Bonchev–Trinajstić information content (AvgIpc) is 2.77. The fourth-order valence-electron chi connectivity index (χ4n) is 3.21. The first-order chi connectivity index (χ1) is 14.5. The van der Waals surface area contributed by atoms with E-state index < -0.39 is 6.04 Å². The van der Waals surface area contributed by atoms with Gasteiger partial charge in [0.25, 0.3) is 0 Å². The van der Waals surface area contributed by atoms with Crippen molar-refractivity contribution in [3.8, 4) is 0 Å². The van der Waals surface area contributed by atoms with Gasteiger partial charge in [-0.3, -0.25) is 14.6 Å². The maximum absolute atomic E-state index is 13.2. The standard InChI is InChI=1S/C24H24ClN3O2/c1-18(29)28(17-20-10-12-21(25)13-11-20)23(15-19-7-3-2-4-8-19)24(30)27-16-22-9-5-6-14-26-22/h2-14,23H,15-17H2,1H3,(H,27,30). The number of hydrogen-bond donors (Lipinski definition) is 1. The molecule has 1 heterocycles. The number of carbonyl (C=O) groups excluding carboxylic acids is 2. The van der Waals surface area contributed by atoms with E-state index in [1.165, 1.54) is 6.92 Å². The van der Waals surface area contributed by atoms with E-state index in [0.29, 0.717) is 24.5 Å². The molecule has 3 aromatic rings. The number of rotatable bonds is 8. The fourth-order valence-corrected chi connectivity index (χ4v) is 3.33. The number of amides is 2. The molecule has 2 amide bonds. The number of nitrogens with zero attached hydrogens (tertiary/aromatic N) is 2. The Morgan fingerprint density at radius 1 is 0.967 bits per heavy atom. The van der Waals surface area contributed by atoms with Crippen molar-refractivity contribution in [1.82, 2.24) is 15.2 Å². The van der Waals surface area contributed by atoms with Gasteiger partial charge in [0.2, 0.25) is 11.8 Å². The first-order valence-electron chi connectivity index (χ1n) is 9.76. The quantitative estimate of drug-likeness (QED) is 0.597. The number of halogens is 1. The summed E-state index contributed by atoms with van der Waals surface area (Å²) < 4.78 is 0. The van der Waals surface area contributed by atoms with Crippen LogP contribution >= 0.6 is 11.6 Å². The lowest BCUT2D eigenvalue weighted by Crippen LogP contribution is -2.49. The molecule has 30 heavy (non-hydrogen) atoms. The summed E-state index contributed by atoms with van der Waals surface area (Å²) in [7, 11) is 0. The highest BCUT2D eigenvalue weighted by Crippen LogP contribution is 2.16. The fraction of sp³-hybridized carbons (Fsp3) is 0.208. The highest BCUT2D eigenvalue weighted by atomic mass is 35.5. The summed E-state index contributed by atoms with van der Waals surface area (Å²) in [5.41, 5.74) is 2.65. The van der Waals surface area contributed by atoms with Gasteiger partial charge in [-0.1, -0.05) is 60.1 Å². The van der Waals surface area contributed by atoms with Gasteiger partial charge in [0, 0.05) is 31.1 Å². The van der Waals surface area contributed by atoms with Gasteiger partial charge in [0.15, 0.2) is 0 Å². The molecule has 1 N–H and O–H groups in total. The summed E-state index contributed by atoms with van der Waals surface area (Å²) in [6.45, 7) is 2.11. The van der Waals surface area contributed by atoms with Crippen LogP contribution < -0.4 is 5.32 Å². The molecule has 154 valence electrons. The summed E-state index contributed by atoms with van der Waals surface area (Å²) in [5.74, 6) is -0.382. The second-order valence-electron chi connectivity index (χ2n) is 7.02. The van der Waals surface area contributed by atoms with Gasteiger partial charge in [-0.2, -0.15) is 0 Å². The molecule has 0 radical (unpaired) electrons. The minimum Gasteiger partial charge on any atom is -0.349 e. The van der Waals surface area contributed by atoms with Gasteiger partial charge in [0.1, 0.15) is 6.04 Å². The van der Waals surface area contributed by atoms with Crippen molar-refractivity contribution in [2.75, 3.05) is 0 Å². The van der Waals surface area contributed by atoms with Crippen molar-refractivity contribution in [3.05, 3.63) is 101 Å². The monoisotopic (exact) mass is 421 g/mol. The zero-order valence-corrected chi connectivity index (χ0v) is 17.5. The third-order valence-electron chi connectivity index (χ3n) is 4.79. The summed E-state index contributed by atoms with van der Waals surface area (Å²) >= 11 is 5.98. The van der Waals surface area contributed by atoms with E-state index in [1.54, 1.807) is 23.2 Å². The van der Waals surface area contributed by atoms with E-state index >= 15 is 0 Å². The maximum Gasteiger partial charge on any atom is 0.243 e. The average molecular weight is 422 g/mol. The lowest BCUT2D eigenvalue weighted by molar-refractivity contribution is -0.139. The molecular formula is C24H24ClN3O2. The van der Waals surface area contributed by atoms with Gasteiger partial charge >= 0.3 is 0 Å². The van der Waals surface area contributed by atoms with Crippen LogP contribution in [0.4, 0.5) is 0 Å². The van der Waals surface area contributed by atoms with Crippen molar-refractivity contribution < 1.29 is 9.59 Å². The Balaban J connectivity index is 1.82. The highest BCUT2D eigenvalue weighted by Gasteiger charge is 2.28. The van der Waals surface area contributed by atoms with E-state index in [4.69, 9.17) is 11.6 Å². The van der Waals surface area contributed by atoms with Crippen molar-refractivity contribution in [2.24, 2.45) is 0 Å². The third kappa shape index (κ3) is 6.16. The van der Waals surface area contributed by atoms with E-state index in [2.05, 4.69) is 10.3 Å². The Morgan fingerprint density at radius 2 is 1.67 bits per heavy atom. The van der Waals surface area contributed by atoms with Crippen LogP contribution in [0.25, 0.3) is 0 Å². The predicted octanol–water partition coefficient (Wildman–Crippen LogP) is 4.01. The molecule has 0 fully saturated rings. The van der Waals surface area contributed by atoms with Crippen LogP contribution in [-0.2, 0) is 29.1 Å². The zero-order chi connectivity index (χ0) is 21.3.